The van der Waals surface area contributed by atoms with E-state index in [1.54, 1.807) is 0 Å². The van der Waals surface area contributed by atoms with Gasteiger partial charge in [0.2, 0.25) is 5.89 Å². The van der Waals surface area contributed by atoms with Gasteiger partial charge >= 0.3 is 0 Å². The van der Waals surface area contributed by atoms with Crippen molar-refractivity contribution in [3.8, 4) is 0 Å². The van der Waals surface area contributed by atoms with E-state index in [1.165, 1.54) is 11.1 Å². The summed E-state index contributed by atoms with van der Waals surface area (Å²) in [7, 11) is 0. The van der Waals surface area contributed by atoms with Crippen LogP contribution < -0.4 is 10.6 Å². The number of aliphatic imine (C=N–C) groups is 1. The Bertz CT molecular complexity index is 861. The minimum atomic E-state index is -0.0449. The molecule has 2 N–H and O–H groups in total. The Hall–Kier alpha value is -2.38. The van der Waals surface area contributed by atoms with Crippen molar-refractivity contribution < 1.29 is 4.42 Å². The lowest BCUT2D eigenvalue weighted by molar-refractivity contribution is 0.131. The molecule has 0 aliphatic carbocycles. The molecule has 0 amide bonds. The first-order valence-corrected chi connectivity index (χ1v) is 11.9. The summed E-state index contributed by atoms with van der Waals surface area (Å²) in [4.78, 5) is 14.3. The van der Waals surface area contributed by atoms with Gasteiger partial charge in [0, 0.05) is 44.7 Å². The molecule has 0 spiro atoms. The molecule has 32 heavy (non-hydrogen) atoms. The maximum Gasteiger partial charge on any atom is 0.213 e. The second kappa shape index (κ2) is 11.5. The molecule has 1 aliphatic rings. The number of piperazine rings is 1. The second-order valence-corrected chi connectivity index (χ2v) is 9.40. The van der Waals surface area contributed by atoms with Crippen LogP contribution in [0.3, 0.4) is 0 Å². The van der Waals surface area contributed by atoms with E-state index in [0.717, 1.165) is 57.5 Å². The lowest BCUT2D eigenvalue weighted by atomic mass is 9.94. The zero-order valence-electron chi connectivity index (χ0n) is 20.4. The van der Waals surface area contributed by atoms with Crippen LogP contribution in [0.1, 0.15) is 57.4 Å². The minimum absolute atomic E-state index is 0.0449. The summed E-state index contributed by atoms with van der Waals surface area (Å²) in [6.45, 7) is 19.3. The van der Waals surface area contributed by atoms with Crippen LogP contribution in [0, 0.1) is 0 Å². The molecule has 7 nitrogen and oxygen atoms in total. The maximum atomic E-state index is 5.89. The number of benzene rings is 1. The smallest absolute Gasteiger partial charge is 0.213 e. The first-order valence-electron chi connectivity index (χ1n) is 11.9. The Kier molecular flexibility index (Phi) is 8.70. The van der Waals surface area contributed by atoms with Crippen LogP contribution in [-0.4, -0.2) is 60.0 Å². The van der Waals surface area contributed by atoms with Crippen molar-refractivity contribution in [1.82, 2.24) is 25.4 Å². The Labute approximate surface area is 193 Å². The molecule has 0 saturated carbocycles. The Morgan fingerprint density at radius 1 is 1.03 bits per heavy atom. The fourth-order valence-corrected chi connectivity index (χ4v) is 3.77. The zero-order chi connectivity index (χ0) is 23.0. The van der Waals surface area contributed by atoms with Crippen molar-refractivity contribution in [1.29, 1.82) is 0 Å². The first kappa shape index (κ1) is 24.3. The normalized spacial score (nSPS) is 16.3. The van der Waals surface area contributed by atoms with E-state index in [1.807, 2.05) is 6.20 Å². The van der Waals surface area contributed by atoms with Gasteiger partial charge in [-0.05, 0) is 24.6 Å². The van der Waals surface area contributed by atoms with Crippen molar-refractivity contribution in [2.24, 2.45) is 4.99 Å². The minimum Gasteiger partial charge on any atom is -0.443 e. The highest BCUT2D eigenvalue weighted by atomic mass is 16.4. The highest BCUT2D eigenvalue weighted by Gasteiger charge is 2.19. The van der Waals surface area contributed by atoms with Crippen LogP contribution in [0.4, 0.5) is 0 Å². The standard InChI is InChI=1S/C25H40N6O/c1-6-26-24(29-18-23-27-17-22(32-23)25(3,4)5)28-16-20-10-8-9-11-21(20)19-31-14-12-30(7-2)13-15-31/h8-11,17H,6-7,12-16,18-19H2,1-5H3,(H2,26,28,29). The summed E-state index contributed by atoms with van der Waals surface area (Å²) >= 11 is 0. The van der Waals surface area contributed by atoms with Crippen molar-refractivity contribution >= 4 is 5.96 Å². The molecule has 0 radical (unpaired) electrons. The van der Waals surface area contributed by atoms with E-state index in [9.17, 15) is 0 Å². The molecule has 0 atom stereocenters. The topological polar surface area (TPSA) is 68.9 Å². The van der Waals surface area contributed by atoms with Gasteiger partial charge in [0.05, 0.1) is 19.3 Å². The van der Waals surface area contributed by atoms with Gasteiger partial charge in [-0.2, -0.15) is 0 Å². The lowest BCUT2D eigenvalue weighted by Gasteiger charge is -2.34. The van der Waals surface area contributed by atoms with E-state index in [2.05, 4.69) is 84.3 Å². The highest BCUT2D eigenvalue weighted by molar-refractivity contribution is 5.79. The number of rotatable bonds is 8. The van der Waals surface area contributed by atoms with E-state index in [4.69, 9.17) is 9.41 Å². The Balaban J connectivity index is 1.60. The molecule has 0 bridgehead atoms. The maximum absolute atomic E-state index is 5.89. The van der Waals surface area contributed by atoms with Gasteiger partial charge in [0.15, 0.2) is 5.96 Å². The molecule has 176 valence electrons. The fraction of sp³-hybridized carbons (Fsp3) is 0.600. The molecule has 2 heterocycles. The summed E-state index contributed by atoms with van der Waals surface area (Å²) in [6, 6.07) is 8.65. The number of nitrogens with one attached hydrogen (secondary N) is 2. The highest BCUT2D eigenvalue weighted by Crippen LogP contribution is 2.22. The van der Waals surface area contributed by atoms with Crippen molar-refractivity contribution in [2.45, 2.75) is 59.7 Å². The summed E-state index contributed by atoms with van der Waals surface area (Å²) in [5, 5.41) is 6.68. The molecule has 1 aromatic heterocycles. The average Bonchev–Trinajstić information content (AvgIpc) is 3.27. The van der Waals surface area contributed by atoms with Gasteiger partial charge in [0.1, 0.15) is 5.76 Å². The predicted octanol–water partition coefficient (Wildman–Crippen LogP) is 3.36. The number of guanidine groups is 1. The third-order valence-electron chi connectivity index (χ3n) is 5.88. The molecular formula is C25H40N6O. The van der Waals surface area contributed by atoms with Gasteiger partial charge in [-0.25, -0.2) is 9.98 Å². The Morgan fingerprint density at radius 2 is 1.72 bits per heavy atom. The molecule has 7 heteroatoms. The summed E-state index contributed by atoms with van der Waals surface area (Å²) in [5.41, 5.74) is 2.59. The number of nitrogens with zero attached hydrogens (tertiary/aromatic N) is 4. The number of likely N-dealkylation sites (N-methyl/N-ethyl adjacent to an activating group) is 1. The number of hydrogen-bond acceptors (Lipinski definition) is 5. The van der Waals surface area contributed by atoms with Gasteiger partial charge in [-0.15, -0.1) is 0 Å². The number of hydrogen-bond donors (Lipinski definition) is 2. The number of oxazole rings is 1. The van der Waals surface area contributed by atoms with Gasteiger partial charge in [-0.1, -0.05) is 52.0 Å². The molecule has 1 fully saturated rings. The molecular weight excluding hydrogens is 400 g/mol. The van der Waals surface area contributed by atoms with E-state index in [-0.39, 0.29) is 5.41 Å². The van der Waals surface area contributed by atoms with Gasteiger partial charge in [0.25, 0.3) is 0 Å². The first-order chi connectivity index (χ1) is 15.4. The number of aromatic nitrogens is 1. The fourth-order valence-electron chi connectivity index (χ4n) is 3.77. The lowest BCUT2D eigenvalue weighted by Crippen LogP contribution is -2.45. The monoisotopic (exact) mass is 440 g/mol. The summed E-state index contributed by atoms with van der Waals surface area (Å²) in [5.74, 6) is 2.34. The van der Waals surface area contributed by atoms with Crippen molar-refractivity contribution in [3.63, 3.8) is 0 Å². The Morgan fingerprint density at radius 3 is 2.34 bits per heavy atom. The molecule has 3 rings (SSSR count). The largest absolute Gasteiger partial charge is 0.443 e. The molecule has 1 saturated heterocycles. The molecule has 1 aromatic carbocycles. The SMILES string of the molecule is CCNC(=NCc1ccccc1CN1CCN(CC)CC1)NCc1ncc(C(C)(C)C)o1. The van der Waals surface area contributed by atoms with Crippen LogP contribution in [0.15, 0.2) is 39.9 Å². The van der Waals surface area contributed by atoms with Crippen LogP contribution in [-0.2, 0) is 25.0 Å². The predicted molar refractivity (Wildman–Crippen MR) is 131 cm³/mol. The van der Waals surface area contributed by atoms with E-state index in [0.29, 0.717) is 19.0 Å². The van der Waals surface area contributed by atoms with Crippen LogP contribution in [0.2, 0.25) is 0 Å². The summed E-state index contributed by atoms with van der Waals surface area (Å²) < 4.78 is 5.89. The average molecular weight is 441 g/mol. The van der Waals surface area contributed by atoms with Crippen LogP contribution >= 0.6 is 0 Å². The van der Waals surface area contributed by atoms with E-state index >= 15 is 0 Å². The quantitative estimate of drug-likeness (QED) is 0.485. The van der Waals surface area contributed by atoms with Gasteiger partial charge < -0.3 is 20.0 Å². The van der Waals surface area contributed by atoms with Crippen LogP contribution in [0.25, 0.3) is 0 Å². The van der Waals surface area contributed by atoms with Gasteiger partial charge in [-0.3, -0.25) is 4.90 Å². The molecule has 2 aromatic rings. The third kappa shape index (κ3) is 7.07. The molecule has 0 unspecified atom stereocenters. The second-order valence-electron chi connectivity index (χ2n) is 9.40. The third-order valence-corrected chi connectivity index (χ3v) is 5.88. The summed E-state index contributed by atoms with van der Waals surface area (Å²) in [6.07, 6.45) is 1.82. The van der Waals surface area contributed by atoms with Crippen molar-refractivity contribution in [2.75, 3.05) is 39.3 Å². The zero-order valence-corrected chi connectivity index (χ0v) is 20.4. The van der Waals surface area contributed by atoms with Crippen LogP contribution in [0.5, 0.6) is 0 Å². The van der Waals surface area contributed by atoms with Crippen molar-refractivity contribution in [3.05, 3.63) is 53.2 Å². The molecule has 1 aliphatic heterocycles. The van der Waals surface area contributed by atoms with E-state index < -0.39 is 0 Å².